The normalized spacial score (nSPS) is 14.4. The molecule has 0 N–H and O–H groups in total. The van der Waals surface area contributed by atoms with Crippen molar-refractivity contribution in [3.63, 3.8) is 0 Å². The Kier molecular flexibility index (Phi) is 6.76. The van der Waals surface area contributed by atoms with E-state index in [2.05, 4.69) is 19.7 Å². The predicted octanol–water partition coefficient (Wildman–Crippen LogP) is 3.94. The van der Waals surface area contributed by atoms with E-state index in [1.54, 1.807) is 29.2 Å². The minimum Gasteiger partial charge on any atom is -0.487 e. The van der Waals surface area contributed by atoms with E-state index in [0.29, 0.717) is 54.2 Å². The van der Waals surface area contributed by atoms with Crippen LogP contribution in [0.5, 0.6) is 5.75 Å². The highest BCUT2D eigenvalue weighted by Gasteiger charge is 2.26. The van der Waals surface area contributed by atoms with Gasteiger partial charge in [0.25, 0.3) is 0 Å². The van der Waals surface area contributed by atoms with E-state index in [9.17, 15) is 13.6 Å². The Bertz CT molecular complexity index is 1480. The summed E-state index contributed by atoms with van der Waals surface area (Å²) in [5.41, 5.74) is 3.25. The van der Waals surface area contributed by atoms with Crippen LogP contribution in [0.25, 0.3) is 28.4 Å². The summed E-state index contributed by atoms with van der Waals surface area (Å²) in [6, 6.07) is 5.07. The smallest absolute Gasteiger partial charge is 0.330 e. The number of methoxy groups -OCH3 is 1. The van der Waals surface area contributed by atoms with Crippen LogP contribution in [0.3, 0.4) is 0 Å². The lowest BCUT2D eigenvalue weighted by Gasteiger charge is -2.33. The van der Waals surface area contributed by atoms with Crippen LogP contribution >= 0.6 is 0 Å². The molecule has 1 saturated heterocycles. The maximum Gasteiger partial charge on any atom is 0.330 e. The lowest BCUT2D eigenvalue weighted by atomic mass is 10.1. The molecule has 0 aliphatic carbocycles. The number of esters is 1. The molecule has 0 atom stereocenters. The number of rotatable bonds is 6. The number of hydrogen-bond donors (Lipinski definition) is 0. The van der Waals surface area contributed by atoms with Gasteiger partial charge in [-0.1, -0.05) is 0 Å². The number of piperidine rings is 1. The van der Waals surface area contributed by atoms with E-state index in [1.807, 2.05) is 13.2 Å². The Hall–Kier alpha value is -4.41. The molecule has 190 valence electrons. The molecule has 0 saturated carbocycles. The van der Waals surface area contributed by atoms with E-state index in [-0.39, 0.29) is 11.9 Å². The molecule has 3 aromatic heterocycles. The van der Waals surface area contributed by atoms with Gasteiger partial charge in [0.2, 0.25) is 0 Å². The highest BCUT2D eigenvalue weighted by molar-refractivity contribution is 5.88. The molecule has 1 aromatic carbocycles. The SMILES string of the molecule is COC(=O)C=Cc1cc2nc(N3CCC(Oc4ccc(F)cc4F)CC3)c(-c3cnn(C)c3)nc2cn1. The van der Waals surface area contributed by atoms with Gasteiger partial charge in [-0.3, -0.25) is 9.67 Å². The van der Waals surface area contributed by atoms with Gasteiger partial charge in [0, 0.05) is 56.9 Å². The van der Waals surface area contributed by atoms with Gasteiger partial charge >= 0.3 is 5.97 Å². The highest BCUT2D eigenvalue weighted by atomic mass is 19.1. The first-order valence-electron chi connectivity index (χ1n) is 11.7. The summed E-state index contributed by atoms with van der Waals surface area (Å²) in [6.07, 6.45) is 9.08. The Morgan fingerprint density at radius 1 is 1.11 bits per heavy atom. The van der Waals surface area contributed by atoms with Crippen LogP contribution < -0.4 is 9.64 Å². The van der Waals surface area contributed by atoms with Crippen molar-refractivity contribution >= 4 is 28.9 Å². The Morgan fingerprint density at radius 2 is 1.92 bits per heavy atom. The molecule has 5 rings (SSSR count). The second-order valence-corrected chi connectivity index (χ2v) is 8.63. The molecule has 0 spiro atoms. The standard InChI is InChI=1S/C26H24F2N6O3/c1-33-15-16(13-30-33)25-26(32-21-12-18(4-6-24(35)36-2)29-14-22(21)31-25)34-9-7-19(8-10-34)37-23-5-3-17(27)11-20(23)28/h3-6,11-15,19H,7-10H2,1-2H3. The quantitative estimate of drug-likeness (QED) is 0.287. The molecule has 1 fully saturated rings. The van der Waals surface area contributed by atoms with Gasteiger partial charge in [-0.2, -0.15) is 5.10 Å². The number of carbonyl (C=O) groups is 1. The van der Waals surface area contributed by atoms with Crippen molar-refractivity contribution in [2.24, 2.45) is 7.05 Å². The summed E-state index contributed by atoms with van der Waals surface area (Å²) in [7, 11) is 3.14. The maximum atomic E-state index is 14.1. The van der Waals surface area contributed by atoms with E-state index in [4.69, 9.17) is 14.7 Å². The van der Waals surface area contributed by atoms with E-state index in [0.717, 1.165) is 11.6 Å². The third-order valence-electron chi connectivity index (χ3n) is 6.05. The molecule has 0 unspecified atom stereocenters. The molecule has 0 amide bonds. The third-order valence-corrected chi connectivity index (χ3v) is 6.05. The van der Waals surface area contributed by atoms with Crippen molar-refractivity contribution in [2.75, 3.05) is 25.1 Å². The molecule has 0 radical (unpaired) electrons. The summed E-state index contributed by atoms with van der Waals surface area (Å²) >= 11 is 0. The van der Waals surface area contributed by atoms with Crippen LogP contribution in [0.2, 0.25) is 0 Å². The number of aromatic nitrogens is 5. The fraction of sp³-hybridized carbons (Fsp3) is 0.269. The highest BCUT2D eigenvalue weighted by Crippen LogP contribution is 2.32. The third kappa shape index (κ3) is 5.40. The van der Waals surface area contributed by atoms with Crippen molar-refractivity contribution in [2.45, 2.75) is 18.9 Å². The van der Waals surface area contributed by atoms with Gasteiger partial charge in [-0.15, -0.1) is 0 Å². The average Bonchev–Trinajstić information content (AvgIpc) is 3.34. The molecule has 1 aliphatic heterocycles. The number of halogens is 2. The summed E-state index contributed by atoms with van der Waals surface area (Å²) in [4.78, 5) is 27.7. The monoisotopic (exact) mass is 506 g/mol. The Balaban J connectivity index is 1.43. The van der Waals surface area contributed by atoms with Crippen molar-refractivity contribution in [1.82, 2.24) is 24.7 Å². The Morgan fingerprint density at radius 3 is 2.62 bits per heavy atom. The molecule has 0 bridgehead atoms. The molecule has 4 aromatic rings. The number of hydrogen-bond acceptors (Lipinski definition) is 8. The van der Waals surface area contributed by atoms with Crippen LogP contribution in [-0.2, 0) is 16.6 Å². The molecule has 4 heterocycles. The van der Waals surface area contributed by atoms with Gasteiger partial charge in [0.1, 0.15) is 23.1 Å². The van der Waals surface area contributed by atoms with Crippen LogP contribution in [0.4, 0.5) is 14.6 Å². The van der Waals surface area contributed by atoms with E-state index < -0.39 is 17.6 Å². The number of aryl methyl sites for hydroxylation is 1. The van der Waals surface area contributed by atoms with Crippen LogP contribution in [0.15, 0.2) is 48.9 Å². The zero-order valence-electron chi connectivity index (χ0n) is 20.3. The number of carbonyl (C=O) groups excluding carboxylic acids is 1. The van der Waals surface area contributed by atoms with Crippen molar-refractivity contribution in [1.29, 1.82) is 0 Å². The van der Waals surface area contributed by atoms with E-state index in [1.165, 1.54) is 25.3 Å². The van der Waals surface area contributed by atoms with Gasteiger partial charge in [-0.25, -0.2) is 23.5 Å². The first kappa shape index (κ1) is 24.3. The molecular weight excluding hydrogens is 482 g/mol. The largest absolute Gasteiger partial charge is 0.487 e. The predicted molar refractivity (Wildman–Crippen MR) is 133 cm³/mol. The molecule has 37 heavy (non-hydrogen) atoms. The Labute approximate surface area is 211 Å². The van der Waals surface area contributed by atoms with Crippen LogP contribution in [0.1, 0.15) is 18.5 Å². The van der Waals surface area contributed by atoms with Gasteiger partial charge < -0.3 is 14.4 Å². The average molecular weight is 507 g/mol. The topological polar surface area (TPSA) is 95.3 Å². The van der Waals surface area contributed by atoms with Crippen LogP contribution in [0, 0.1) is 11.6 Å². The molecule has 11 heteroatoms. The van der Waals surface area contributed by atoms with E-state index >= 15 is 0 Å². The molecular formula is C26H24F2N6O3. The number of nitrogens with zero attached hydrogens (tertiary/aromatic N) is 6. The number of ether oxygens (including phenoxy) is 2. The van der Waals surface area contributed by atoms with Crippen LogP contribution in [-0.4, -0.2) is 57.0 Å². The minimum atomic E-state index is -0.715. The minimum absolute atomic E-state index is 0.0430. The van der Waals surface area contributed by atoms with Crippen molar-refractivity contribution < 1.29 is 23.0 Å². The van der Waals surface area contributed by atoms with Crippen molar-refractivity contribution in [3.8, 4) is 17.0 Å². The van der Waals surface area contributed by atoms with Gasteiger partial charge in [0.05, 0.1) is 30.7 Å². The maximum absolute atomic E-state index is 14.1. The summed E-state index contributed by atoms with van der Waals surface area (Å²) in [5.74, 6) is -1.11. The van der Waals surface area contributed by atoms with Gasteiger partial charge in [0.15, 0.2) is 17.4 Å². The zero-order chi connectivity index (χ0) is 25.9. The lowest BCUT2D eigenvalue weighted by molar-refractivity contribution is -0.134. The second-order valence-electron chi connectivity index (χ2n) is 8.63. The fourth-order valence-electron chi connectivity index (χ4n) is 4.17. The number of pyridine rings is 1. The van der Waals surface area contributed by atoms with Gasteiger partial charge in [-0.05, 0) is 24.3 Å². The summed E-state index contributed by atoms with van der Waals surface area (Å²) < 4.78 is 39.4. The number of fused-ring (bicyclic) bond motifs is 1. The summed E-state index contributed by atoms with van der Waals surface area (Å²) in [6.45, 7) is 1.20. The first-order chi connectivity index (χ1) is 17.9. The fourth-order valence-corrected chi connectivity index (χ4v) is 4.17. The number of anilines is 1. The number of benzene rings is 1. The van der Waals surface area contributed by atoms with Crippen molar-refractivity contribution in [3.05, 3.63) is 66.3 Å². The first-order valence-corrected chi connectivity index (χ1v) is 11.7. The molecule has 9 nitrogen and oxygen atoms in total. The zero-order valence-corrected chi connectivity index (χ0v) is 20.3. The lowest BCUT2D eigenvalue weighted by Crippen LogP contribution is -2.39. The second kappa shape index (κ2) is 10.3. The molecule has 1 aliphatic rings. The summed E-state index contributed by atoms with van der Waals surface area (Å²) in [5, 5.41) is 4.28.